The Balaban J connectivity index is 0.00000242. The quantitative estimate of drug-likeness (QED) is 0.375. The van der Waals surface area contributed by atoms with E-state index in [1.807, 2.05) is 24.6 Å². The minimum atomic E-state index is -0.730. The fourth-order valence-corrected chi connectivity index (χ4v) is 1.78. The lowest BCUT2D eigenvalue weighted by Crippen LogP contribution is -2.39. The summed E-state index contributed by atoms with van der Waals surface area (Å²) in [6.45, 7) is 2.63. The summed E-state index contributed by atoms with van der Waals surface area (Å²) in [6.07, 6.45) is 0.906. The van der Waals surface area contributed by atoms with E-state index in [0.29, 0.717) is 24.8 Å². The average molecular weight is 420 g/mol. The minimum Gasteiger partial charge on any atom is -0.464 e. The Labute approximate surface area is 146 Å². The molecule has 9 heteroatoms. The van der Waals surface area contributed by atoms with Crippen LogP contribution in [0.4, 0.5) is 0 Å². The molecule has 0 fully saturated rings. The van der Waals surface area contributed by atoms with Crippen LogP contribution in [-0.4, -0.2) is 39.4 Å². The Kier molecular flexibility index (Phi) is 7.32. The minimum absolute atomic E-state index is 0. The zero-order valence-corrected chi connectivity index (χ0v) is 15.1. The van der Waals surface area contributed by atoms with Gasteiger partial charge in [-0.25, -0.2) is 0 Å². The van der Waals surface area contributed by atoms with E-state index in [4.69, 9.17) is 4.42 Å². The zero-order chi connectivity index (χ0) is 15.2. The predicted molar refractivity (Wildman–Crippen MR) is 93.0 cm³/mol. The number of hydrogen-bond acceptors (Lipinski definition) is 5. The monoisotopic (exact) mass is 420 g/mol. The van der Waals surface area contributed by atoms with Gasteiger partial charge in [-0.3, -0.25) is 4.99 Å². The van der Waals surface area contributed by atoms with E-state index >= 15 is 0 Å². The molecule has 3 N–H and O–H groups in total. The molecular formula is C13H21IN6O2. The first-order chi connectivity index (χ1) is 10.1. The van der Waals surface area contributed by atoms with Crippen LogP contribution in [-0.2, 0) is 13.6 Å². The van der Waals surface area contributed by atoms with Crippen molar-refractivity contribution < 1.29 is 9.52 Å². The molecule has 1 unspecified atom stereocenters. The van der Waals surface area contributed by atoms with Gasteiger partial charge in [-0.05, 0) is 19.1 Å². The van der Waals surface area contributed by atoms with Gasteiger partial charge in [0.05, 0.1) is 13.1 Å². The first-order valence-corrected chi connectivity index (χ1v) is 6.62. The van der Waals surface area contributed by atoms with E-state index in [1.54, 1.807) is 19.4 Å². The summed E-state index contributed by atoms with van der Waals surface area (Å²) < 4.78 is 7.19. The SMILES string of the molecule is CN=C(NCc1nncn1C)NCC(O)c1ccc(C)o1.I. The van der Waals surface area contributed by atoms with Crippen molar-refractivity contribution in [2.24, 2.45) is 12.0 Å². The Hall–Kier alpha value is -1.62. The van der Waals surface area contributed by atoms with Gasteiger partial charge in [0.2, 0.25) is 0 Å². The second-order valence-electron chi connectivity index (χ2n) is 4.63. The molecule has 0 bridgehead atoms. The Morgan fingerprint density at radius 1 is 1.45 bits per heavy atom. The van der Waals surface area contributed by atoms with Gasteiger partial charge in [0.15, 0.2) is 11.8 Å². The van der Waals surface area contributed by atoms with Gasteiger partial charge in [0.25, 0.3) is 0 Å². The van der Waals surface area contributed by atoms with Gasteiger partial charge < -0.3 is 24.7 Å². The Bertz CT molecular complexity index is 609. The maximum atomic E-state index is 10.0. The van der Waals surface area contributed by atoms with Crippen molar-refractivity contribution in [1.29, 1.82) is 0 Å². The summed E-state index contributed by atoms with van der Waals surface area (Å²) in [5.41, 5.74) is 0. The molecule has 1 atom stereocenters. The topological polar surface area (TPSA) is 100 Å². The van der Waals surface area contributed by atoms with E-state index in [9.17, 15) is 5.11 Å². The number of nitrogens with one attached hydrogen (secondary N) is 2. The number of aliphatic hydroxyl groups is 1. The molecule has 22 heavy (non-hydrogen) atoms. The van der Waals surface area contributed by atoms with Gasteiger partial charge in [-0.15, -0.1) is 34.2 Å². The van der Waals surface area contributed by atoms with Gasteiger partial charge in [0, 0.05) is 14.1 Å². The number of halogens is 1. The van der Waals surface area contributed by atoms with E-state index < -0.39 is 6.10 Å². The third-order valence-electron chi connectivity index (χ3n) is 3.00. The summed E-state index contributed by atoms with van der Waals surface area (Å²) in [7, 11) is 3.53. The number of nitrogens with zero attached hydrogens (tertiary/aromatic N) is 4. The van der Waals surface area contributed by atoms with Gasteiger partial charge in [0.1, 0.15) is 24.0 Å². The third kappa shape index (κ3) is 4.98. The van der Waals surface area contributed by atoms with Crippen molar-refractivity contribution >= 4 is 29.9 Å². The third-order valence-corrected chi connectivity index (χ3v) is 3.00. The molecule has 122 valence electrons. The molecule has 2 rings (SSSR count). The highest BCUT2D eigenvalue weighted by Crippen LogP contribution is 2.14. The maximum Gasteiger partial charge on any atom is 0.191 e. The first-order valence-electron chi connectivity index (χ1n) is 6.62. The highest BCUT2D eigenvalue weighted by Gasteiger charge is 2.12. The summed E-state index contributed by atoms with van der Waals surface area (Å²) in [6, 6.07) is 3.58. The summed E-state index contributed by atoms with van der Waals surface area (Å²) in [4.78, 5) is 4.08. The number of aliphatic imine (C=N–C) groups is 1. The van der Waals surface area contributed by atoms with Gasteiger partial charge in [-0.2, -0.15) is 0 Å². The van der Waals surface area contributed by atoms with Gasteiger partial charge >= 0.3 is 0 Å². The lowest BCUT2D eigenvalue weighted by Gasteiger charge is -2.13. The number of aromatic nitrogens is 3. The van der Waals surface area contributed by atoms with E-state index in [-0.39, 0.29) is 24.0 Å². The number of guanidine groups is 1. The summed E-state index contributed by atoms with van der Waals surface area (Å²) >= 11 is 0. The van der Waals surface area contributed by atoms with Crippen LogP contribution in [0.1, 0.15) is 23.4 Å². The summed E-state index contributed by atoms with van der Waals surface area (Å²) in [5.74, 6) is 2.66. The molecule has 0 saturated carbocycles. The van der Waals surface area contributed by atoms with Crippen LogP contribution >= 0.6 is 24.0 Å². The number of rotatable bonds is 5. The molecular weight excluding hydrogens is 399 g/mol. The van der Waals surface area contributed by atoms with Crippen LogP contribution in [0.2, 0.25) is 0 Å². The van der Waals surface area contributed by atoms with Crippen LogP contribution in [0, 0.1) is 6.92 Å². The largest absolute Gasteiger partial charge is 0.464 e. The standard InChI is InChI=1S/C13H20N6O2.HI/c1-9-4-5-11(21-9)10(20)6-15-13(14-2)16-7-12-18-17-8-19(12)3;/h4-5,8,10,20H,6-7H2,1-3H3,(H2,14,15,16);1H. The van der Waals surface area contributed by atoms with Crippen molar-refractivity contribution in [2.75, 3.05) is 13.6 Å². The molecule has 0 spiro atoms. The molecule has 2 heterocycles. The lowest BCUT2D eigenvalue weighted by atomic mass is 10.3. The predicted octanol–water partition coefficient (Wildman–Crippen LogP) is 0.733. The highest BCUT2D eigenvalue weighted by molar-refractivity contribution is 14.0. The molecule has 2 aromatic heterocycles. The van der Waals surface area contributed by atoms with Crippen molar-refractivity contribution in [1.82, 2.24) is 25.4 Å². The van der Waals surface area contributed by atoms with Crippen LogP contribution in [0.3, 0.4) is 0 Å². The second-order valence-corrected chi connectivity index (χ2v) is 4.63. The van der Waals surface area contributed by atoms with E-state index in [1.165, 1.54) is 0 Å². The average Bonchev–Trinajstić information content (AvgIpc) is 3.08. The molecule has 0 saturated heterocycles. The van der Waals surface area contributed by atoms with Crippen molar-refractivity contribution in [3.63, 3.8) is 0 Å². The smallest absolute Gasteiger partial charge is 0.191 e. The summed E-state index contributed by atoms with van der Waals surface area (Å²) in [5, 5.41) is 23.9. The fraction of sp³-hybridized carbons (Fsp3) is 0.462. The molecule has 0 aromatic carbocycles. The first kappa shape index (κ1) is 18.4. The van der Waals surface area contributed by atoms with Crippen LogP contribution in [0.25, 0.3) is 0 Å². The second kappa shape index (κ2) is 8.73. The van der Waals surface area contributed by atoms with Crippen LogP contribution < -0.4 is 10.6 Å². The number of furan rings is 1. The van der Waals surface area contributed by atoms with Crippen LogP contribution in [0.5, 0.6) is 0 Å². The normalized spacial score (nSPS) is 12.6. The van der Waals surface area contributed by atoms with E-state index in [2.05, 4.69) is 25.8 Å². The van der Waals surface area contributed by atoms with E-state index in [0.717, 1.165) is 11.6 Å². The number of aryl methyl sites for hydroxylation is 2. The number of aliphatic hydroxyl groups excluding tert-OH is 1. The molecule has 0 amide bonds. The Morgan fingerprint density at radius 3 is 2.77 bits per heavy atom. The fourth-order valence-electron chi connectivity index (χ4n) is 1.78. The van der Waals surface area contributed by atoms with Crippen molar-refractivity contribution in [2.45, 2.75) is 19.6 Å². The van der Waals surface area contributed by atoms with Crippen molar-refractivity contribution in [3.8, 4) is 0 Å². The zero-order valence-electron chi connectivity index (χ0n) is 12.8. The molecule has 0 radical (unpaired) electrons. The molecule has 2 aromatic rings. The Morgan fingerprint density at radius 2 is 2.23 bits per heavy atom. The molecule has 0 aliphatic heterocycles. The molecule has 0 aliphatic carbocycles. The number of hydrogen-bond donors (Lipinski definition) is 3. The van der Waals surface area contributed by atoms with Crippen LogP contribution in [0.15, 0.2) is 27.9 Å². The highest BCUT2D eigenvalue weighted by atomic mass is 127. The maximum absolute atomic E-state index is 10.0. The molecule has 8 nitrogen and oxygen atoms in total. The van der Waals surface area contributed by atoms with Crippen molar-refractivity contribution in [3.05, 3.63) is 35.8 Å². The molecule has 0 aliphatic rings. The van der Waals surface area contributed by atoms with Gasteiger partial charge in [-0.1, -0.05) is 0 Å². The lowest BCUT2D eigenvalue weighted by molar-refractivity contribution is 0.151.